The first-order valence-electron chi connectivity index (χ1n) is 5.38. The average Bonchev–Trinajstić information content (AvgIpc) is 2.54. The van der Waals surface area contributed by atoms with Crippen LogP contribution < -0.4 is 0 Å². The van der Waals surface area contributed by atoms with Crippen LogP contribution in [0, 0.1) is 5.41 Å². The number of hydrogen-bond acceptors (Lipinski definition) is 5. The Bertz CT molecular complexity index is 245. The average molecular weight is 232 g/mol. The summed E-state index contributed by atoms with van der Waals surface area (Å²) in [6, 6.07) is 0. The molecule has 0 radical (unpaired) electrons. The van der Waals surface area contributed by atoms with Gasteiger partial charge in [-0.25, -0.2) is 0 Å². The van der Waals surface area contributed by atoms with E-state index in [0.717, 1.165) is 0 Å². The van der Waals surface area contributed by atoms with Gasteiger partial charge in [-0.05, 0) is 20.8 Å². The highest BCUT2D eigenvalue weighted by Crippen LogP contribution is 2.22. The van der Waals surface area contributed by atoms with Gasteiger partial charge in [-0.1, -0.05) is 0 Å². The van der Waals surface area contributed by atoms with Crippen LogP contribution in [-0.4, -0.2) is 43.3 Å². The predicted octanol–water partition coefficient (Wildman–Crippen LogP) is 0.698. The zero-order valence-electron chi connectivity index (χ0n) is 10.2. The minimum atomic E-state index is -0.641. The molecule has 3 atom stereocenters. The van der Waals surface area contributed by atoms with Crippen molar-refractivity contribution in [2.45, 2.75) is 45.7 Å². The van der Waals surface area contributed by atoms with Crippen LogP contribution in [0.5, 0.6) is 0 Å². The zero-order chi connectivity index (χ0) is 12.3. The Morgan fingerprint density at radius 3 is 2.56 bits per heavy atom. The predicted molar refractivity (Wildman–Crippen MR) is 56.7 cm³/mol. The maximum absolute atomic E-state index is 11.5. The number of hydrogen-bond donors (Lipinski definition) is 1. The normalized spacial score (nSPS) is 30.4. The lowest BCUT2D eigenvalue weighted by atomic mass is 9.97. The molecule has 1 N–H and O–H groups in total. The molecule has 0 aromatic carbocycles. The van der Waals surface area contributed by atoms with Gasteiger partial charge in [0, 0.05) is 13.5 Å². The van der Waals surface area contributed by atoms with Crippen molar-refractivity contribution >= 4 is 5.97 Å². The molecule has 1 aliphatic rings. The van der Waals surface area contributed by atoms with E-state index in [1.165, 1.54) is 7.11 Å². The summed E-state index contributed by atoms with van der Waals surface area (Å²) in [5, 5.41) is 9.61. The molecule has 5 heteroatoms. The van der Waals surface area contributed by atoms with Crippen molar-refractivity contribution in [3.05, 3.63) is 0 Å². The maximum Gasteiger partial charge on any atom is 0.311 e. The van der Waals surface area contributed by atoms with Crippen molar-refractivity contribution in [3.63, 3.8) is 0 Å². The smallest absolute Gasteiger partial charge is 0.311 e. The second-order valence-electron chi connectivity index (χ2n) is 4.99. The lowest BCUT2D eigenvalue weighted by Crippen LogP contribution is -2.31. The molecule has 0 spiro atoms. The van der Waals surface area contributed by atoms with Gasteiger partial charge in [0.15, 0.2) is 6.29 Å². The van der Waals surface area contributed by atoms with Crippen LogP contribution in [0.2, 0.25) is 0 Å². The summed E-state index contributed by atoms with van der Waals surface area (Å²) in [6.45, 7) is 5.40. The number of methoxy groups -OCH3 is 1. The van der Waals surface area contributed by atoms with Crippen LogP contribution in [0.3, 0.4) is 0 Å². The summed E-state index contributed by atoms with van der Waals surface area (Å²) < 4.78 is 15.4. The van der Waals surface area contributed by atoms with Crippen LogP contribution >= 0.6 is 0 Å². The highest BCUT2D eigenvalue weighted by atomic mass is 16.7. The van der Waals surface area contributed by atoms with Gasteiger partial charge in [0.05, 0.1) is 11.5 Å². The van der Waals surface area contributed by atoms with Crippen LogP contribution in [0.25, 0.3) is 0 Å². The molecule has 0 bridgehead atoms. The summed E-state index contributed by atoms with van der Waals surface area (Å²) in [7, 11) is 1.51. The van der Waals surface area contributed by atoms with Crippen molar-refractivity contribution in [2.24, 2.45) is 5.41 Å². The van der Waals surface area contributed by atoms with E-state index in [-0.39, 0.29) is 12.6 Å². The van der Waals surface area contributed by atoms with Crippen molar-refractivity contribution < 1.29 is 24.1 Å². The highest BCUT2D eigenvalue weighted by Gasteiger charge is 2.35. The fourth-order valence-electron chi connectivity index (χ4n) is 1.37. The Morgan fingerprint density at radius 2 is 2.12 bits per heavy atom. The molecule has 0 aromatic rings. The third kappa shape index (κ3) is 3.43. The molecule has 1 heterocycles. The van der Waals surface area contributed by atoms with Crippen LogP contribution in [0.1, 0.15) is 27.2 Å². The molecular formula is C11H20O5. The summed E-state index contributed by atoms with van der Waals surface area (Å²) in [6.07, 6.45) is -1.13. The fraction of sp³-hybridized carbons (Fsp3) is 0.909. The first-order valence-corrected chi connectivity index (χ1v) is 5.38. The maximum atomic E-state index is 11.5. The van der Waals surface area contributed by atoms with Gasteiger partial charge >= 0.3 is 5.97 Å². The van der Waals surface area contributed by atoms with E-state index in [2.05, 4.69) is 0 Å². The van der Waals surface area contributed by atoms with E-state index >= 15 is 0 Å². The number of carbonyl (C=O) groups is 1. The third-order valence-electron chi connectivity index (χ3n) is 2.44. The van der Waals surface area contributed by atoms with Crippen LogP contribution in [0.15, 0.2) is 0 Å². The van der Waals surface area contributed by atoms with Gasteiger partial charge < -0.3 is 19.3 Å². The van der Waals surface area contributed by atoms with Crippen molar-refractivity contribution in [1.29, 1.82) is 0 Å². The van der Waals surface area contributed by atoms with Gasteiger partial charge in [0.2, 0.25) is 0 Å². The fourth-order valence-corrected chi connectivity index (χ4v) is 1.37. The molecule has 3 unspecified atom stereocenters. The number of esters is 1. The number of aliphatic hydroxyl groups excluding tert-OH is 1. The second kappa shape index (κ2) is 5.12. The molecule has 5 nitrogen and oxygen atoms in total. The van der Waals surface area contributed by atoms with E-state index in [1.54, 1.807) is 20.8 Å². The quantitative estimate of drug-likeness (QED) is 0.725. The van der Waals surface area contributed by atoms with Gasteiger partial charge in [-0.2, -0.15) is 0 Å². The van der Waals surface area contributed by atoms with Crippen LogP contribution in [-0.2, 0) is 19.0 Å². The minimum absolute atomic E-state index is 0.0666. The molecule has 1 saturated heterocycles. The Morgan fingerprint density at radius 1 is 1.50 bits per heavy atom. The molecule has 1 rings (SSSR count). The number of carbonyl (C=O) groups excluding carboxylic acids is 1. The molecule has 16 heavy (non-hydrogen) atoms. The zero-order valence-corrected chi connectivity index (χ0v) is 10.2. The van der Waals surface area contributed by atoms with E-state index < -0.39 is 23.9 Å². The van der Waals surface area contributed by atoms with Gasteiger partial charge in [0.1, 0.15) is 12.7 Å². The molecule has 0 aromatic heterocycles. The molecule has 1 fully saturated rings. The highest BCUT2D eigenvalue weighted by molar-refractivity contribution is 5.75. The molecule has 0 aliphatic carbocycles. The molecule has 0 saturated carbocycles. The monoisotopic (exact) mass is 232 g/mol. The van der Waals surface area contributed by atoms with Crippen LogP contribution in [0.4, 0.5) is 0 Å². The van der Waals surface area contributed by atoms with Gasteiger partial charge in [0.25, 0.3) is 0 Å². The summed E-state index contributed by atoms with van der Waals surface area (Å²) >= 11 is 0. The Labute approximate surface area is 95.7 Å². The second-order valence-corrected chi connectivity index (χ2v) is 4.99. The minimum Gasteiger partial charge on any atom is -0.462 e. The Balaban J connectivity index is 2.36. The van der Waals surface area contributed by atoms with E-state index in [9.17, 15) is 9.90 Å². The lowest BCUT2D eigenvalue weighted by Gasteiger charge is -2.19. The van der Waals surface area contributed by atoms with Gasteiger partial charge in [-0.3, -0.25) is 4.79 Å². The SMILES string of the molecule is COC1CC(O)C(COC(=O)C(C)(C)C)O1. The molecular weight excluding hydrogens is 212 g/mol. The van der Waals surface area contributed by atoms with E-state index in [1.807, 2.05) is 0 Å². The lowest BCUT2D eigenvalue weighted by molar-refractivity contribution is -0.165. The molecule has 0 amide bonds. The van der Waals surface area contributed by atoms with Crippen molar-refractivity contribution in [1.82, 2.24) is 0 Å². The first kappa shape index (κ1) is 13.4. The largest absolute Gasteiger partial charge is 0.462 e. The van der Waals surface area contributed by atoms with Crippen molar-refractivity contribution in [3.8, 4) is 0 Å². The standard InChI is InChI=1S/C11H20O5/c1-11(2,3)10(13)15-6-8-7(12)5-9(14-4)16-8/h7-9,12H,5-6H2,1-4H3. The Hall–Kier alpha value is -0.650. The number of rotatable bonds is 3. The first-order chi connectivity index (χ1) is 7.34. The van der Waals surface area contributed by atoms with Gasteiger partial charge in [-0.15, -0.1) is 0 Å². The molecule has 1 aliphatic heterocycles. The Kier molecular flexibility index (Phi) is 4.29. The third-order valence-corrected chi connectivity index (χ3v) is 2.44. The topological polar surface area (TPSA) is 65.0 Å². The van der Waals surface area contributed by atoms with Crippen molar-refractivity contribution in [2.75, 3.05) is 13.7 Å². The number of aliphatic hydroxyl groups is 1. The molecule has 94 valence electrons. The number of ether oxygens (including phenoxy) is 3. The summed E-state index contributed by atoms with van der Waals surface area (Å²) in [4.78, 5) is 11.5. The van der Waals surface area contributed by atoms with E-state index in [0.29, 0.717) is 6.42 Å². The summed E-state index contributed by atoms with van der Waals surface area (Å²) in [5.74, 6) is -0.302. The van der Waals surface area contributed by atoms with E-state index in [4.69, 9.17) is 14.2 Å². The summed E-state index contributed by atoms with van der Waals surface area (Å²) in [5.41, 5.74) is -0.537.